The van der Waals surface area contributed by atoms with E-state index in [4.69, 9.17) is 11.6 Å². The zero-order chi connectivity index (χ0) is 18.7. The Hall–Kier alpha value is -1.41. The van der Waals surface area contributed by atoms with Crippen LogP contribution in [0.1, 0.15) is 18.4 Å². The molecule has 1 unspecified atom stereocenters. The second-order valence-corrected chi connectivity index (χ2v) is 9.25. The molecule has 3 rings (SSSR count). The van der Waals surface area contributed by atoms with Gasteiger partial charge in [-0.1, -0.05) is 45.7 Å². The van der Waals surface area contributed by atoms with Gasteiger partial charge in [0.25, 0.3) is 0 Å². The van der Waals surface area contributed by atoms with Crippen LogP contribution in [-0.4, -0.2) is 31.2 Å². The molecule has 1 amide bonds. The minimum Gasteiger partial charge on any atom is -0.351 e. The van der Waals surface area contributed by atoms with E-state index in [2.05, 4.69) is 21.2 Å². The fraction of sp³-hybridized carbons (Fsp3) is 0.278. The molecule has 0 aliphatic carbocycles. The lowest BCUT2D eigenvalue weighted by atomic mass is 10.2. The third kappa shape index (κ3) is 4.11. The van der Waals surface area contributed by atoms with Crippen LogP contribution in [0.4, 0.5) is 0 Å². The highest BCUT2D eigenvalue weighted by molar-refractivity contribution is 9.10. The number of hydrogen-bond acceptors (Lipinski definition) is 3. The van der Waals surface area contributed by atoms with Gasteiger partial charge in [0.1, 0.15) is 6.04 Å². The molecule has 1 N–H and O–H groups in total. The lowest BCUT2D eigenvalue weighted by Crippen LogP contribution is -2.45. The number of carbonyl (C=O) groups is 1. The first kappa shape index (κ1) is 19.4. The van der Waals surface area contributed by atoms with Crippen molar-refractivity contribution in [1.29, 1.82) is 0 Å². The van der Waals surface area contributed by atoms with E-state index in [0.717, 1.165) is 10.0 Å². The summed E-state index contributed by atoms with van der Waals surface area (Å²) in [6, 6.07) is 13.0. The summed E-state index contributed by atoms with van der Waals surface area (Å²) in [6.45, 7) is 0.601. The van der Waals surface area contributed by atoms with Gasteiger partial charge in [-0.25, -0.2) is 8.42 Å². The summed E-state index contributed by atoms with van der Waals surface area (Å²) in [4.78, 5) is 12.8. The molecule has 8 heteroatoms. The van der Waals surface area contributed by atoms with Gasteiger partial charge in [-0.15, -0.1) is 0 Å². The lowest BCUT2D eigenvalue weighted by molar-refractivity contribution is -0.124. The Balaban J connectivity index is 1.74. The van der Waals surface area contributed by atoms with Gasteiger partial charge in [-0.3, -0.25) is 4.79 Å². The van der Waals surface area contributed by atoms with E-state index in [-0.39, 0.29) is 17.3 Å². The quantitative estimate of drug-likeness (QED) is 0.746. The van der Waals surface area contributed by atoms with Gasteiger partial charge in [-0.2, -0.15) is 4.31 Å². The number of nitrogens with one attached hydrogen (secondary N) is 1. The Morgan fingerprint density at radius 2 is 1.88 bits per heavy atom. The van der Waals surface area contributed by atoms with Crippen LogP contribution < -0.4 is 5.32 Å². The van der Waals surface area contributed by atoms with Gasteiger partial charge in [0, 0.05) is 22.6 Å². The van der Waals surface area contributed by atoms with Crippen LogP contribution in [0, 0.1) is 0 Å². The number of sulfonamides is 1. The monoisotopic (exact) mass is 456 g/mol. The highest BCUT2D eigenvalue weighted by Gasteiger charge is 2.39. The van der Waals surface area contributed by atoms with E-state index in [1.165, 1.54) is 16.4 Å². The molecule has 1 atom stereocenters. The predicted molar refractivity (Wildman–Crippen MR) is 104 cm³/mol. The number of hydrogen-bond donors (Lipinski definition) is 1. The SMILES string of the molecule is O=C(NCc1ccccc1Cl)C1CCCN1S(=O)(=O)c1ccc(Br)cc1. The number of carbonyl (C=O) groups excluding carboxylic acids is 1. The van der Waals surface area contributed by atoms with Crippen molar-refractivity contribution in [3.05, 3.63) is 63.6 Å². The molecular formula is C18H18BrClN2O3S. The smallest absolute Gasteiger partial charge is 0.243 e. The molecule has 1 heterocycles. The Morgan fingerprint density at radius 3 is 2.58 bits per heavy atom. The van der Waals surface area contributed by atoms with E-state index >= 15 is 0 Å². The molecule has 0 spiro atoms. The van der Waals surface area contributed by atoms with Crippen LogP contribution >= 0.6 is 27.5 Å². The van der Waals surface area contributed by atoms with Crippen molar-refractivity contribution in [2.75, 3.05) is 6.54 Å². The lowest BCUT2D eigenvalue weighted by Gasteiger charge is -2.23. The third-order valence-corrected chi connectivity index (χ3v) is 7.16. The molecule has 26 heavy (non-hydrogen) atoms. The van der Waals surface area contributed by atoms with Gasteiger partial charge in [0.15, 0.2) is 0 Å². The summed E-state index contributed by atoms with van der Waals surface area (Å²) in [6.07, 6.45) is 1.16. The third-order valence-electron chi connectivity index (χ3n) is 4.34. The molecule has 1 saturated heterocycles. The first-order valence-electron chi connectivity index (χ1n) is 8.18. The number of halogens is 2. The first-order chi connectivity index (χ1) is 12.4. The molecule has 5 nitrogen and oxygen atoms in total. The Morgan fingerprint density at radius 1 is 1.19 bits per heavy atom. The molecule has 0 bridgehead atoms. The maximum absolute atomic E-state index is 12.9. The summed E-state index contributed by atoms with van der Waals surface area (Å²) >= 11 is 9.40. The molecule has 1 aliphatic heterocycles. The first-order valence-corrected chi connectivity index (χ1v) is 10.8. The van der Waals surface area contributed by atoms with Crippen molar-refractivity contribution in [2.45, 2.75) is 30.3 Å². The average molecular weight is 458 g/mol. The van der Waals surface area contributed by atoms with Crippen molar-refractivity contribution in [1.82, 2.24) is 9.62 Å². The van der Waals surface area contributed by atoms with Gasteiger partial charge in [-0.05, 0) is 48.7 Å². The number of rotatable bonds is 5. The molecule has 1 fully saturated rings. The van der Waals surface area contributed by atoms with E-state index in [1.807, 2.05) is 18.2 Å². The molecule has 0 aromatic heterocycles. The summed E-state index contributed by atoms with van der Waals surface area (Å²) in [5.41, 5.74) is 0.794. The number of amides is 1. The zero-order valence-corrected chi connectivity index (χ0v) is 17.0. The topological polar surface area (TPSA) is 66.5 Å². The zero-order valence-electron chi connectivity index (χ0n) is 13.9. The van der Waals surface area contributed by atoms with Crippen LogP contribution in [-0.2, 0) is 21.4 Å². The molecule has 1 aliphatic rings. The van der Waals surface area contributed by atoms with Crippen LogP contribution in [0.3, 0.4) is 0 Å². The maximum Gasteiger partial charge on any atom is 0.243 e. The van der Waals surface area contributed by atoms with Crippen LogP contribution in [0.15, 0.2) is 57.9 Å². The summed E-state index contributed by atoms with van der Waals surface area (Å²) in [7, 11) is -3.72. The van der Waals surface area contributed by atoms with Crippen molar-refractivity contribution >= 4 is 43.5 Å². The Kier molecular flexibility index (Phi) is 6.02. The van der Waals surface area contributed by atoms with Gasteiger partial charge >= 0.3 is 0 Å². The summed E-state index contributed by atoms with van der Waals surface area (Å²) in [5.74, 6) is -0.303. The van der Waals surface area contributed by atoms with Gasteiger partial charge < -0.3 is 5.32 Å². The van der Waals surface area contributed by atoms with E-state index in [9.17, 15) is 13.2 Å². The number of benzene rings is 2. The molecule has 2 aromatic rings. The van der Waals surface area contributed by atoms with Crippen molar-refractivity contribution in [3.8, 4) is 0 Å². The molecule has 2 aromatic carbocycles. The highest BCUT2D eigenvalue weighted by Crippen LogP contribution is 2.27. The van der Waals surface area contributed by atoms with E-state index < -0.39 is 16.1 Å². The van der Waals surface area contributed by atoms with E-state index in [0.29, 0.717) is 24.4 Å². The predicted octanol–water partition coefficient (Wildman–Crippen LogP) is 3.57. The van der Waals surface area contributed by atoms with Crippen molar-refractivity contribution in [2.24, 2.45) is 0 Å². The number of nitrogens with zero attached hydrogens (tertiary/aromatic N) is 1. The van der Waals surface area contributed by atoms with Crippen LogP contribution in [0.5, 0.6) is 0 Å². The van der Waals surface area contributed by atoms with Crippen LogP contribution in [0.2, 0.25) is 5.02 Å². The normalized spacial score (nSPS) is 18.0. The van der Waals surface area contributed by atoms with Gasteiger partial charge in [0.2, 0.25) is 15.9 Å². The van der Waals surface area contributed by atoms with Crippen molar-refractivity contribution in [3.63, 3.8) is 0 Å². The summed E-state index contributed by atoms with van der Waals surface area (Å²) < 4.78 is 27.9. The largest absolute Gasteiger partial charge is 0.351 e. The average Bonchev–Trinajstić information content (AvgIpc) is 3.12. The van der Waals surface area contributed by atoms with Crippen LogP contribution in [0.25, 0.3) is 0 Å². The standard InChI is InChI=1S/C18H18BrClN2O3S/c19-14-7-9-15(10-8-14)26(24,25)22-11-3-6-17(22)18(23)21-12-13-4-1-2-5-16(13)20/h1-2,4-5,7-10,17H,3,6,11-12H2,(H,21,23). The maximum atomic E-state index is 12.9. The molecule has 138 valence electrons. The Labute approximate surface area is 166 Å². The molecule has 0 saturated carbocycles. The van der Waals surface area contributed by atoms with E-state index in [1.54, 1.807) is 18.2 Å². The molecule has 0 radical (unpaired) electrons. The van der Waals surface area contributed by atoms with Crippen molar-refractivity contribution < 1.29 is 13.2 Å². The van der Waals surface area contributed by atoms with Gasteiger partial charge in [0.05, 0.1) is 4.90 Å². The minimum absolute atomic E-state index is 0.187. The fourth-order valence-corrected chi connectivity index (χ4v) is 5.10. The highest BCUT2D eigenvalue weighted by atomic mass is 79.9. The Bertz CT molecular complexity index is 903. The second-order valence-electron chi connectivity index (χ2n) is 6.04. The molecular weight excluding hydrogens is 440 g/mol. The fourth-order valence-electron chi connectivity index (χ4n) is 2.97. The second kappa shape index (κ2) is 8.08. The summed E-state index contributed by atoms with van der Waals surface area (Å²) in [5, 5.41) is 3.38. The minimum atomic E-state index is -3.72.